The van der Waals surface area contributed by atoms with Crippen molar-refractivity contribution in [2.24, 2.45) is 0 Å². The molecule has 0 aromatic heterocycles. The Morgan fingerprint density at radius 1 is 1.19 bits per heavy atom. The Morgan fingerprint density at radius 3 is 2.71 bits per heavy atom. The lowest BCUT2D eigenvalue weighted by Crippen LogP contribution is -2.17. The average molecular weight is 464 g/mol. The lowest BCUT2D eigenvalue weighted by Gasteiger charge is -2.21. The van der Waals surface area contributed by atoms with Gasteiger partial charge in [0, 0.05) is 23.3 Å². The van der Waals surface area contributed by atoms with E-state index in [1.807, 2.05) is 47.8 Å². The first-order valence-corrected chi connectivity index (χ1v) is 11.8. The first-order chi connectivity index (χ1) is 15.1. The largest absolute Gasteiger partial charge is 0.482 e. The number of rotatable bonds is 7. The van der Waals surface area contributed by atoms with Crippen molar-refractivity contribution in [1.82, 2.24) is 0 Å². The second kappa shape index (κ2) is 10.3. The molecule has 1 fully saturated rings. The van der Waals surface area contributed by atoms with Gasteiger partial charge in [0.1, 0.15) is 18.1 Å². The van der Waals surface area contributed by atoms with Crippen LogP contribution in [-0.4, -0.2) is 35.8 Å². The SMILES string of the molecule is O=C(COc1ccc(C2SCCCS2)cc1)OCc1cc([N+](=O)[O-])cc2c1OCOC2. The zero-order valence-electron chi connectivity index (χ0n) is 16.6. The maximum atomic E-state index is 12.1. The number of hydrogen-bond donors (Lipinski definition) is 0. The number of benzene rings is 2. The minimum Gasteiger partial charge on any atom is -0.482 e. The second-order valence-corrected chi connectivity index (χ2v) is 9.63. The van der Waals surface area contributed by atoms with Crippen molar-refractivity contribution < 1.29 is 28.7 Å². The maximum absolute atomic E-state index is 12.1. The van der Waals surface area contributed by atoms with Gasteiger partial charge in [-0.3, -0.25) is 10.1 Å². The quantitative estimate of drug-likeness (QED) is 0.335. The fourth-order valence-corrected chi connectivity index (χ4v) is 6.13. The highest BCUT2D eigenvalue weighted by Crippen LogP contribution is 2.43. The third-order valence-corrected chi connectivity index (χ3v) is 7.72. The Morgan fingerprint density at radius 2 is 1.97 bits per heavy atom. The van der Waals surface area contributed by atoms with Crippen LogP contribution in [0.2, 0.25) is 0 Å². The monoisotopic (exact) mass is 463 g/mol. The molecule has 0 radical (unpaired) electrons. The van der Waals surface area contributed by atoms with E-state index in [-0.39, 0.29) is 32.3 Å². The van der Waals surface area contributed by atoms with Crippen molar-refractivity contribution in [3.8, 4) is 11.5 Å². The summed E-state index contributed by atoms with van der Waals surface area (Å²) in [4.78, 5) is 22.8. The van der Waals surface area contributed by atoms with Gasteiger partial charge in [0.25, 0.3) is 5.69 Å². The minimum absolute atomic E-state index is 0.0444. The van der Waals surface area contributed by atoms with Crippen molar-refractivity contribution in [2.75, 3.05) is 24.9 Å². The number of non-ortho nitro benzene ring substituents is 1. The van der Waals surface area contributed by atoms with Gasteiger partial charge in [0.15, 0.2) is 13.4 Å². The molecule has 0 bridgehead atoms. The van der Waals surface area contributed by atoms with Crippen LogP contribution in [0.5, 0.6) is 11.5 Å². The van der Waals surface area contributed by atoms with E-state index in [0.717, 1.165) is 0 Å². The number of carbonyl (C=O) groups is 1. The summed E-state index contributed by atoms with van der Waals surface area (Å²) in [5.41, 5.74) is 2.11. The Balaban J connectivity index is 1.31. The Labute approximate surface area is 187 Å². The van der Waals surface area contributed by atoms with Crippen LogP contribution in [-0.2, 0) is 27.5 Å². The first-order valence-electron chi connectivity index (χ1n) is 9.72. The van der Waals surface area contributed by atoms with E-state index in [2.05, 4.69) is 0 Å². The molecule has 0 unspecified atom stereocenters. The number of thioether (sulfide) groups is 2. The zero-order valence-corrected chi connectivity index (χ0v) is 18.2. The van der Waals surface area contributed by atoms with Crippen LogP contribution >= 0.6 is 23.5 Å². The van der Waals surface area contributed by atoms with E-state index in [4.69, 9.17) is 18.9 Å². The van der Waals surface area contributed by atoms with E-state index in [1.165, 1.54) is 35.6 Å². The third kappa shape index (κ3) is 5.63. The summed E-state index contributed by atoms with van der Waals surface area (Å²) in [5, 5.41) is 11.2. The maximum Gasteiger partial charge on any atom is 0.344 e. The van der Waals surface area contributed by atoms with Crippen molar-refractivity contribution >= 4 is 35.2 Å². The second-order valence-electron chi connectivity index (χ2n) is 6.91. The van der Waals surface area contributed by atoms with Gasteiger partial charge in [-0.15, -0.1) is 23.5 Å². The Kier molecular flexibility index (Phi) is 7.21. The molecule has 1 saturated heterocycles. The number of fused-ring (bicyclic) bond motifs is 1. The molecule has 0 saturated carbocycles. The van der Waals surface area contributed by atoms with Crippen LogP contribution in [0.1, 0.15) is 27.7 Å². The van der Waals surface area contributed by atoms with Gasteiger partial charge in [-0.05, 0) is 35.6 Å². The fraction of sp³-hybridized carbons (Fsp3) is 0.381. The van der Waals surface area contributed by atoms with Gasteiger partial charge in [-0.2, -0.15) is 0 Å². The normalized spacial score (nSPS) is 16.1. The molecule has 0 spiro atoms. The highest BCUT2D eigenvalue weighted by Gasteiger charge is 2.22. The summed E-state index contributed by atoms with van der Waals surface area (Å²) in [7, 11) is 0. The summed E-state index contributed by atoms with van der Waals surface area (Å²) >= 11 is 3.89. The lowest BCUT2D eigenvalue weighted by atomic mass is 10.1. The molecule has 2 aromatic carbocycles. The number of nitrogens with zero attached hydrogens (tertiary/aromatic N) is 1. The molecule has 0 atom stereocenters. The van der Waals surface area contributed by atoms with Gasteiger partial charge in [-0.25, -0.2) is 4.79 Å². The number of ether oxygens (including phenoxy) is 4. The fourth-order valence-electron chi connectivity index (χ4n) is 3.24. The summed E-state index contributed by atoms with van der Waals surface area (Å²) in [6.45, 7) is -0.160. The highest BCUT2D eigenvalue weighted by atomic mass is 32.2. The molecular formula is C21H21NO7S2. The molecule has 2 aliphatic rings. The summed E-state index contributed by atoms with van der Waals surface area (Å²) in [6, 6.07) is 10.5. The number of nitro benzene ring substituents is 1. The highest BCUT2D eigenvalue weighted by molar-refractivity contribution is 8.16. The van der Waals surface area contributed by atoms with E-state index in [1.54, 1.807) is 0 Å². The molecule has 2 heterocycles. The molecule has 10 heteroatoms. The zero-order chi connectivity index (χ0) is 21.6. The van der Waals surface area contributed by atoms with E-state index in [9.17, 15) is 14.9 Å². The minimum atomic E-state index is -0.574. The molecule has 8 nitrogen and oxygen atoms in total. The molecule has 0 aliphatic carbocycles. The molecule has 2 aromatic rings. The van der Waals surface area contributed by atoms with Gasteiger partial charge in [-0.1, -0.05) is 12.1 Å². The molecule has 4 rings (SSSR count). The topological polar surface area (TPSA) is 97.1 Å². The lowest BCUT2D eigenvalue weighted by molar-refractivity contribution is -0.385. The van der Waals surface area contributed by atoms with Gasteiger partial charge in [0.05, 0.1) is 16.1 Å². The number of esters is 1. The summed E-state index contributed by atoms with van der Waals surface area (Å²) < 4.78 is 21.8. The van der Waals surface area contributed by atoms with Crippen molar-refractivity contribution in [3.05, 3.63) is 63.2 Å². The van der Waals surface area contributed by atoms with Gasteiger partial charge >= 0.3 is 5.97 Å². The Hall–Kier alpha value is -2.43. The predicted octanol–water partition coefficient (Wildman–Crippen LogP) is 4.45. The molecule has 2 aliphatic heterocycles. The van der Waals surface area contributed by atoms with Crippen LogP contribution in [0.4, 0.5) is 5.69 Å². The molecule has 31 heavy (non-hydrogen) atoms. The van der Waals surface area contributed by atoms with Gasteiger partial charge < -0.3 is 18.9 Å². The van der Waals surface area contributed by atoms with Crippen LogP contribution in [0, 0.1) is 10.1 Å². The summed E-state index contributed by atoms with van der Waals surface area (Å²) in [6.07, 6.45) is 1.24. The third-order valence-electron chi connectivity index (χ3n) is 4.71. The Bertz CT molecular complexity index is 945. The standard InChI is InChI=1S/C21H21NO7S2/c23-19(12-27-18-4-2-14(3-5-18)21-30-6-1-7-31-21)28-11-16-9-17(22(24)25)8-15-10-26-13-29-20(15)16/h2-5,8-9,21H,1,6-7,10-13H2. The van der Waals surface area contributed by atoms with Crippen LogP contribution in [0.3, 0.4) is 0 Å². The van der Waals surface area contributed by atoms with E-state index >= 15 is 0 Å². The van der Waals surface area contributed by atoms with Gasteiger partial charge in [0.2, 0.25) is 0 Å². The molecule has 0 N–H and O–H groups in total. The van der Waals surface area contributed by atoms with Crippen molar-refractivity contribution in [1.29, 1.82) is 0 Å². The smallest absolute Gasteiger partial charge is 0.344 e. The number of nitro groups is 1. The predicted molar refractivity (Wildman–Crippen MR) is 117 cm³/mol. The first kappa shape index (κ1) is 21.8. The number of hydrogen-bond acceptors (Lipinski definition) is 9. The van der Waals surface area contributed by atoms with E-state index < -0.39 is 10.9 Å². The molecule has 0 amide bonds. The number of carbonyl (C=O) groups excluding carboxylic acids is 1. The van der Waals surface area contributed by atoms with Crippen molar-refractivity contribution in [2.45, 2.75) is 24.2 Å². The van der Waals surface area contributed by atoms with Crippen LogP contribution in [0.25, 0.3) is 0 Å². The molecular weight excluding hydrogens is 442 g/mol. The summed E-state index contributed by atoms with van der Waals surface area (Å²) in [5.74, 6) is 2.82. The molecule has 164 valence electrons. The van der Waals surface area contributed by atoms with Crippen molar-refractivity contribution in [3.63, 3.8) is 0 Å². The van der Waals surface area contributed by atoms with E-state index in [0.29, 0.717) is 27.2 Å². The van der Waals surface area contributed by atoms with Crippen LogP contribution < -0.4 is 9.47 Å². The average Bonchev–Trinajstić information content (AvgIpc) is 2.82. The van der Waals surface area contributed by atoms with Crippen LogP contribution in [0.15, 0.2) is 36.4 Å².